The lowest BCUT2D eigenvalue weighted by Crippen LogP contribution is -2.50. The Morgan fingerprint density at radius 2 is 1.91 bits per heavy atom. The molecule has 1 aromatic heterocycles. The summed E-state index contributed by atoms with van der Waals surface area (Å²) < 4.78 is 7.51. The lowest BCUT2D eigenvalue weighted by Gasteiger charge is -2.41. The van der Waals surface area contributed by atoms with Gasteiger partial charge in [0.05, 0.1) is 29.4 Å². The summed E-state index contributed by atoms with van der Waals surface area (Å²) in [7, 11) is 1.67. The third-order valence-corrected chi connectivity index (χ3v) is 6.79. The minimum atomic E-state index is -0.507. The number of carbonyl (C=O) groups excluding carboxylic acids is 1. The number of benzene rings is 2. The van der Waals surface area contributed by atoms with Crippen LogP contribution in [-0.2, 0) is 16.1 Å². The summed E-state index contributed by atoms with van der Waals surface area (Å²) in [5.74, 6) is 0.334. The minimum Gasteiger partial charge on any atom is -0.376 e. The first-order chi connectivity index (χ1) is 15.4. The van der Waals surface area contributed by atoms with Crippen LogP contribution >= 0.6 is 11.6 Å². The highest BCUT2D eigenvalue weighted by Gasteiger charge is 2.37. The molecule has 0 N–H and O–H groups in total. The zero-order valence-electron chi connectivity index (χ0n) is 18.5. The first-order valence-electron chi connectivity index (χ1n) is 10.9. The molecule has 3 aromatic rings. The average Bonchev–Trinajstić information content (AvgIpc) is 2.82. The highest BCUT2D eigenvalue weighted by atomic mass is 35.5. The molecule has 168 valence electrons. The molecule has 0 radical (unpaired) electrons. The maximum absolute atomic E-state index is 13.0. The minimum absolute atomic E-state index is 0.113. The van der Waals surface area contributed by atoms with Gasteiger partial charge in [-0.1, -0.05) is 48.9 Å². The van der Waals surface area contributed by atoms with Crippen LogP contribution in [0.5, 0.6) is 0 Å². The number of likely N-dealkylation sites (tertiary alicyclic amines) is 1. The van der Waals surface area contributed by atoms with Crippen molar-refractivity contribution in [2.24, 2.45) is 0 Å². The molecule has 2 aromatic carbocycles. The normalized spacial score (nSPS) is 16.8. The molecule has 32 heavy (non-hydrogen) atoms. The van der Waals surface area contributed by atoms with E-state index in [1.807, 2.05) is 23.1 Å². The number of methoxy groups -OCH3 is 1. The van der Waals surface area contributed by atoms with Gasteiger partial charge in [0.2, 0.25) is 5.91 Å². The Bertz CT molecular complexity index is 1150. The van der Waals surface area contributed by atoms with Gasteiger partial charge in [-0.25, -0.2) is 4.98 Å². The standard InChI is InChI=1S/C25H28ClN3O3/c1-18(19-6-4-3-5-7-19)14-23(30)28-12-10-25(32-2,11-13-28)16-29-17-27-22-15-20(26)8-9-21(22)24(29)31/h3-9,15,17-18H,10-14,16H2,1-2H3/t18-/m0/s1. The number of fused-ring (bicyclic) bond motifs is 1. The van der Waals surface area contributed by atoms with Crippen molar-refractivity contribution in [1.29, 1.82) is 0 Å². The predicted molar refractivity (Wildman–Crippen MR) is 126 cm³/mol. The molecule has 1 fully saturated rings. The van der Waals surface area contributed by atoms with Crippen molar-refractivity contribution in [3.05, 3.63) is 75.8 Å². The summed E-state index contributed by atoms with van der Waals surface area (Å²) in [6.07, 6.45) is 3.38. The summed E-state index contributed by atoms with van der Waals surface area (Å²) in [5, 5.41) is 1.08. The van der Waals surface area contributed by atoms with Crippen LogP contribution in [-0.4, -0.2) is 46.2 Å². The number of hydrogen-bond donors (Lipinski definition) is 0. The molecule has 2 heterocycles. The lowest BCUT2D eigenvalue weighted by molar-refractivity contribution is -0.137. The van der Waals surface area contributed by atoms with Crippen molar-refractivity contribution in [3.8, 4) is 0 Å². The summed E-state index contributed by atoms with van der Waals surface area (Å²) in [6, 6.07) is 15.2. The number of piperidine rings is 1. The molecule has 0 bridgehead atoms. The van der Waals surface area contributed by atoms with Crippen LogP contribution < -0.4 is 5.56 Å². The molecule has 0 aliphatic carbocycles. The Morgan fingerprint density at radius 1 is 1.19 bits per heavy atom. The zero-order valence-corrected chi connectivity index (χ0v) is 19.2. The Morgan fingerprint density at radius 3 is 2.59 bits per heavy atom. The Kier molecular flexibility index (Phi) is 6.63. The van der Waals surface area contributed by atoms with Gasteiger partial charge in [0, 0.05) is 31.6 Å². The maximum Gasteiger partial charge on any atom is 0.261 e. The van der Waals surface area contributed by atoms with Crippen molar-refractivity contribution in [3.63, 3.8) is 0 Å². The van der Waals surface area contributed by atoms with E-state index in [0.29, 0.717) is 54.8 Å². The fourth-order valence-electron chi connectivity index (χ4n) is 4.44. The van der Waals surface area contributed by atoms with E-state index in [2.05, 4.69) is 24.0 Å². The smallest absolute Gasteiger partial charge is 0.261 e. The molecule has 0 saturated carbocycles. The van der Waals surface area contributed by atoms with Gasteiger partial charge in [-0.3, -0.25) is 14.2 Å². The van der Waals surface area contributed by atoms with Gasteiger partial charge >= 0.3 is 0 Å². The number of aromatic nitrogens is 2. The van der Waals surface area contributed by atoms with Gasteiger partial charge in [0.25, 0.3) is 5.56 Å². The maximum atomic E-state index is 13.0. The fourth-order valence-corrected chi connectivity index (χ4v) is 4.60. The van der Waals surface area contributed by atoms with Crippen molar-refractivity contribution in [2.75, 3.05) is 20.2 Å². The monoisotopic (exact) mass is 453 g/mol. The molecule has 1 saturated heterocycles. The summed E-state index contributed by atoms with van der Waals surface area (Å²) in [5.41, 5.74) is 1.14. The molecule has 0 spiro atoms. The largest absolute Gasteiger partial charge is 0.376 e. The van der Waals surface area contributed by atoms with E-state index in [4.69, 9.17) is 16.3 Å². The SMILES string of the molecule is COC1(Cn2cnc3cc(Cl)ccc3c2=O)CCN(C(=O)C[C@H](C)c2ccccc2)CC1. The van der Waals surface area contributed by atoms with Crippen LogP contribution in [0.3, 0.4) is 0 Å². The van der Waals surface area contributed by atoms with Gasteiger partial charge in [-0.05, 0) is 42.5 Å². The first kappa shape index (κ1) is 22.5. The van der Waals surface area contributed by atoms with E-state index in [-0.39, 0.29) is 17.4 Å². The van der Waals surface area contributed by atoms with Gasteiger partial charge in [0.1, 0.15) is 0 Å². The van der Waals surface area contributed by atoms with Gasteiger partial charge < -0.3 is 9.64 Å². The summed E-state index contributed by atoms with van der Waals surface area (Å²) >= 11 is 6.02. The predicted octanol–water partition coefficient (Wildman–Crippen LogP) is 4.25. The second-order valence-electron chi connectivity index (χ2n) is 8.62. The van der Waals surface area contributed by atoms with E-state index < -0.39 is 5.60 Å². The number of nitrogens with zero attached hydrogens (tertiary/aromatic N) is 3. The molecule has 4 rings (SSSR count). The molecule has 7 heteroatoms. The molecule has 1 amide bonds. The van der Waals surface area contributed by atoms with Crippen molar-refractivity contribution in [2.45, 2.75) is 44.2 Å². The quantitative estimate of drug-likeness (QED) is 0.559. The van der Waals surface area contributed by atoms with Gasteiger partial charge in [0.15, 0.2) is 0 Å². The summed E-state index contributed by atoms with van der Waals surface area (Å²) in [4.78, 5) is 32.2. The second-order valence-corrected chi connectivity index (χ2v) is 9.06. The van der Waals surface area contributed by atoms with Crippen LogP contribution in [0.15, 0.2) is 59.7 Å². The molecule has 1 aliphatic rings. The van der Waals surface area contributed by atoms with Crippen LogP contribution in [0.2, 0.25) is 5.02 Å². The third-order valence-electron chi connectivity index (χ3n) is 6.56. The Hall–Kier alpha value is -2.70. The van der Waals surface area contributed by atoms with Crippen molar-refractivity contribution >= 4 is 28.4 Å². The van der Waals surface area contributed by atoms with Crippen LogP contribution in [0.25, 0.3) is 10.9 Å². The number of halogens is 1. The van der Waals surface area contributed by atoms with Crippen LogP contribution in [0, 0.1) is 0 Å². The van der Waals surface area contributed by atoms with Gasteiger partial charge in [-0.15, -0.1) is 0 Å². The lowest BCUT2D eigenvalue weighted by atomic mass is 9.90. The number of hydrogen-bond acceptors (Lipinski definition) is 4. The molecular weight excluding hydrogens is 426 g/mol. The van der Waals surface area contributed by atoms with E-state index in [0.717, 1.165) is 0 Å². The fraction of sp³-hybridized carbons (Fsp3) is 0.400. The zero-order chi connectivity index (χ0) is 22.7. The summed E-state index contributed by atoms with van der Waals surface area (Å²) in [6.45, 7) is 3.71. The van der Waals surface area contributed by atoms with Crippen LogP contribution in [0.4, 0.5) is 0 Å². The van der Waals surface area contributed by atoms with E-state index >= 15 is 0 Å². The first-order valence-corrected chi connectivity index (χ1v) is 11.3. The molecule has 1 aliphatic heterocycles. The van der Waals surface area contributed by atoms with E-state index in [9.17, 15) is 9.59 Å². The number of amides is 1. The van der Waals surface area contributed by atoms with E-state index in [1.54, 1.807) is 36.2 Å². The third kappa shape index (κ3) is 4.71. The number of carbonyl (C=O) groups is 1. The van der Waals surface area contributed by atoms with Crippen molar-refractivity contribution < 1.29 is 9.53 Å². The highest BCUT2D eigenvalue weighted by Crippen LogP contribution is 2.29. The Balaban J connectivity index is 1.42. The number of ether oxygens (including phenoxy) is 1. The topological polar surface area (TPSA) is 64.4 Å². The Labute approximate surface area is 192 Å². The second kappa shape index (κ2) is 9.43. The molecule has 0 unspecified atom stereocenters. The van der Waals surface area contributed by atoms with Crippen LogP contribution in [0.1, 0.15) is 37.7 Å². The van der Waals surface area contributed by atoms with E-state index in [1.165, 1.54) is 5.56 Å². The average molecular weight is 454 g/mol. The van der Waals surface area contributed by atoms with Crippen molar-refractivity contribution in [1.82, 2.24) is 14.5 Å². The van der Waals surface area contributed by atoms with Gasteiger partial charge in [-0.2, -0.15) is 0 Å². The highest BCUT2D eigenvalue weighted by molar-refractivity contribution is 6.31. The number of rotatable bonds is 6. The molecule has 6 nitrogen and oxygen atoms in total. The molecular formula is C25H28ClN3O3. The molecule has 1 atom stereocenters.